The van der Waals surface area contributed by atoms with E-state index in [1.165, 1.54) is 17.5 Å². The minimum atomic E-state index is -0.979. The Balaban J connectivity index is 2.63. The van der Waals surface area contributed by atoms with Crippen molar-refractivity contribution in [3.8, 4) is 0 Å². The molecule has 0 saturated carbocycles. The lowest BCUT2D eigenvalue weighted by molar-refractivity contribution is 0.0171. The van der Waals surface area contributed by atoms with Crippen LogP contribution >= 0.6 is 24.0 Å². The van der Waals surface area contributed by atoms with Crippen molar-refractivity contribution < 1.29 is 15.3 Å². The number of aromatic nitrogens is 1. The molecular formula is C8H13NO3S2. The van der Waals surface area contributed by atoms with Gasteiger partial charge < -0.3 is 15.3 Å². The van der Waals surface area contributed by atoms with Gasteiger partial charge in [-0.1, -0.05) is 0 Å². The minimum absolute atomic E-state index is 0.0902. The van der Waals surface area contributed by atoms with Crippen LogP contribution in [0.5, 0.6) is 0 Å². The van der Waals surface area contributed by atoms with Crippen LogP contribution in [0.25, 0.3) is 0 Å². The summed E-state index contributed by atoms with van der Waals surface area (Å²) in [5.74, 6) is 0.510. The fourth-order valence-corrected chi connectivity index (χ4v) is 2.07. The first-order valence-electron chi connectivity index (χ1n) is 4.21. The molecule has 0 aromatic carbocycles. The van der Waals surface area contributed by atoms with Crippen molar-refractivity contribution in [3.63, 3.8) is 0 Å². The number of thiol groups is 1. The lowest BCUT2D eigenvalue weighted by atomic mass is 10.2. The number of rotatable bonds is 5. The molecule has 0 aliphatic rings. The molecule has 80 valence electrons. The molecule has 3 N–H and O–H groups in total. The molecular weight excluding hydrogens is 222 g/mol. The smallest absolute Gasteiger partial charge is 0.131 e. The van der Waals surface area contributed by atoms with Crippen LogP contribution in [0.1, 0.15) is 22.4 Å². The molecule has 4 nitrogen and oxygen atoms in total. The summed E-state index contributed by atoms with van der Waals surface area (Å²) >= 11 is 5.16. The largest absolute Gasteiger partial charge is 0.391 e. The fraction of sp³-hybridized carbons (Fsp3) is 0.625. The number of thiazole rings is 1. The van der Waals surface area contributed by atoms with Crippen LogP contribution in [0.3, 0.4) is 0 Å². The van der Waals surface area contributed by atoms with E-state index in [1.807, 2.05) is 0 Å². The summed E-state index contributed by atoms with van der Waals surface area (Å²) in [4.78, 5) is 4.59. The van der Waals surface area contributed by atoms with Crippen molar-refractivity contribution in [2.24, 2.45) is 0 Å². The van der Waals surface area contributed by atoms with Gasteiger partial charge in [0.05, 0.1) is 17.6 Å². The van der Waals surface area contributed by atoms with E-state index in [0.717, 1.165) is 0 Å². The van der Waals surface area contributed by atoms with Gasteiger partial charge in [-0.2, -0.15) is 12.6 Å². The maximum absolute atomic E-state index is 9.61. The Morgan fingerprint density at radius 1 is 1.50 bits per heavy atom. The maximum Gasteiger partial charge on any atom is 0.131 e. The molecule has 2 unspecified atom stereocenters. The van der Waals surface area contributed by atoms with Gasteiger partial charge in [-0.25, -0.2) is 4.98 Å². The van der Waals surface area contributed by atoms with E-state index in [-0.39, 0.29) is 6.61 Å². The first kappa shape index (κ1) is 11.9. The third-order valence-corrected chi connectivity index (χ3v) is 3.08. The third kappa shape index (κ3) is 2.93. The van der Waals surface area contributed by atoms with Crippen molar-refractivity contribution in [2.45, 2.75) is 25.2 Å². The van der Waals surface area contributed by atoms with E-state index in [2.05, 4.69) is 17.6 Å². The number of hydrogen-bond donors (Lipinski definition) is 4. The molecule has 0 amide bonds. The van der Waals surface area contributed by atoms with Gasteiger partial charge in [-0.3, -0.25) is 0 Å². The van der Waals surface area contributed by atoms with Crippen LogP contribution in [0.15, 0.2) is 6.20 Å². The van der Waals surface area contributed by atoms with Gasteiger partial charge in [0.2, 0.25) is 0 Å². The first-order chi connectivity index (χ1) is 6.69. The standard InChI is InChI=1S/C8H13NO3S2/c10-4-5-3-9-8(14-5)7(12)6(11)1-2-13/h3,6-7,10-13H,1-2,4H2. The molecule has 1 rings (SSSR count). The highest BCUT2D eigenvalue weighted by Gasteiger charge is 2.20. The second-order valence-corrected chi connectivity index (χ2v) is 4.44. The third-order valence-electron chi connectivity index (χ3n) is 1.77. The van der Waals surface area contributed by atoms with Crippen molar-refractivity contribution in [1.29, 1.82) is 0 Å². The topological polar surface area (TPSA) is 73.6 Å². The Morgan fingerprint density at radius 3 is 2.71 bits per heavy atom. The quantitative estimate of drug-likeness (QED) is 0.556. The molecule has 0 fully saturated rings. The average molecular weight is 235 g/mol. The van der Waals surface area contributed by atoms with Crippen LogP contribution in [0, 0.1) is 0 Å². The summed E-state index contributed by atoms with van der Waals surface area (Å²) in [6.07, 6.45) is 0.0900. The van der Waals surface area contributed by atoms with Gasteiger partial charge >= 0.3 is 0 Å². The van der Waals surface area contributed by atoms with Crippen molar-refractivity contribution in [3.05, 3.63) is 16.1 Å². The lowest BCUT2D eigenvalue weighted by Crippen LogP contribution is -2.18. The van der Waals surface area contributed by atoms with Gasteiger partial charge in [0.25, 0.3) is 0 Å². The molecule has 0 saturated heterocycles. The Kier molecular flexibility index (Phi) is 4.83. The van der Waals surface area contributed by atoms with Gasteiger partial charge in [0.1, 0.15) is 11.1 Å². The highest BCUT2D eigenvalue weighted by molar-refractivity contribution is 7.80. The zero-order chi connectivity index (χ0) is 10.6. The molecule has 0 aliphatic carbocycles. The predicted molar refractivity (Wildman–Crippen MR) is 57.5 cm³/mol. The summed E-state index contributed by atoms with van der Waals surface area (Å²) < 4.78 is 0. The molecule has 1 heterocycles. The Morgan fingerprint density at radius 2 is 2.21 bits per heavy atom. The second kappa shape index (κ2) is 5.67. The van der Waals surface area contributed by atoms with Gasteiger partial charge in [-0.15, -0.1) is 11.3 Å². The molecule has 2 atom stereocenters. The first-order valence-corrected chi connectivity index (χ1v) is 5.66. The number of aliphatic hydroxyl groups excluding tert-OH is 3. The second-order valence-electron chi connectivity index (χ2n) is 2.85. The summed E-state index contributed by atoms with van der Waals surface area (Å²) in [5.41, 5.74) is 0. The number of hydrogen-bond acceptors (Lipinski definition) is 6. The Hall–Kier alpha value is -0.140. The highest BCUT2D eigenvalue weighted by Crippen LogP contribution is 2.24. The molecule has 1 aromatic heterocycles. The summed E-state index contributed by atoms with van der Waals surface area (Å²) in [6, 6.07) is 0. The summed E-state index contributed by atoms with van der Waals surface area (Å²) in [7, 11) is 0. The van der Waals surface area contributed by atoms with Crippen molar-refractivity contribution >= 4 is 24.0 Å². The highest BCUT2D eigenvalue weighted by atomic mass is 32.1. The predicted octanol–water partition coefficient (Wildman–Crippen LogP) is 0.350. The van der Waals surface area contributed by atoms with E-state index in [4.69, 9.17) is 5.11 Å². The SMILES string of the molecule is OCc1cnc(C(O)C(O)CCS)s1. The van der Waals surface area contributed by atoms with Gasteiger partial charge in [0, 0.05) is 6.20 Å². The molecule has 0 aliphatic heterocycles. The average Bonchev–Trinajstić information content (AvgIpc) is 2.65. The van der Waals surface area contributed by atoms with E-state index >= 15 is 0 Å². The van der Waals surface area contributed by atoms with E-state index < -0.39 is 12.2 Å². The van der Waals surface area contributed by atoms with Crippen LogP contribution in [0.4, 0.5) is 0 Å². The molecule has 6 heteroatoms. The molecule has 0 radical (unpaired) electrons. The Bertz CT molecular complexity index is 279. The van der Waals surface area contributed by atoms with E-state index in [1.54, 1.807) is 0 Å². The molecule has 0 bridgehead atoms. The van der Waals surface area contributed by atoms with Crippen molar-refractivity contribution in [2.75, 3.05) is 5.75 Å². The van der Waals surface area contributed by atoms with Crippen LogP contribution < -0.4 is 0 Å². The minimum Gasteiger partial charge on any atom is -0.391 e. The summed E-state index contributed by atoms with van der Waals surface area (Å²) in [5, 5.41) is 28.3. The molecule has 14 heavy (non-hydrogen) atoms. The molecule has 0 spiro atoms. The maximum atomic E-state index is 9.61. The van der Waals surface area contributed by atoms with Gasteiger partial charge in [0.15, 0.2) is 0 Å². The van der Waals surface area contributed by atoms with Crippen LogP contribution in [-0.2, 0) is 6.61 Å². The van der Waals surface area contributed by atoms with Crippen LogP contribution in [0.2, 0.25) is 0 Å². The number of nitrogens with zero attached hydrogens (tertiary/aromatic N) is 1. The van der Waals surface area contributed by atoms with E-state index in [0.29, 0.717) is 22.1 Å². The van der Waals surface area contributed by atoms with Crippen LogP contribution in [-0.4, -0.2) is 32.2 Å². The molecule has 1 aromatic rings. The summed E-state index contributed by atoms with van der Waals surface area (Å²) in [6.45, 7) is -0.0902. The lowest BCUT2D eigenvalue weighted by Gasteiger charge is -2.13. The Labute approximate surface area is 91.7 Å². The fourth-order valence-electron chi connectivity index (χ4n) is 0.987. The van der Waals surface area contributed by atoms with E-state index in [9.17, 15) is 10.2 Å². The zero-order valence-electron chi connectivity index (χ0n) is 7.50. The zero-order valence-corrected chi connectivity index (χ0v) is 9.21. The monoisotopic (exact) mass is 235 g/mol. The van der Waals surface area contributed by atoms with Crippen molar-refractivity contribution in [1.82, 2.24) is 4.98 Å². The van der Waals surface area contributed by atoms with Gasteiger partial charge in [-0.05, 0) is 12.2 Å². The normalized spacial score (nSPS) is 15.4. The number of aliphatic hydroxyl groups is 3.